The molecule has 0 fully saturated rings. The lowest BCUT2D eigenvalue weighted by Crippen LogP contribution is -2.31. The fourth-order valence-electron chi connectivity index (χ4n) is 1.12. The van der Waals surface area contributed by atoms with Gasteiger partial charge in [-0.3, -0.25) is 4.79 Å². The Labute approximate surface area is 95.6 Å². The first-order chi connectivity index (χ1) is 7.74. The van der Waals surface area contributed by atoms with Crippen molar-refractivity contribution in [1.29, 1.82) is 0 Å². The second-order valence-electron chi connectivity index (χ2n) is 3.23. The van der Waals surface area contributed by atoms with Gasteiger partial charge in [-0.15, -0.1) is 0 Å². The van der Waals surface area contributed by atoms with Gasteiger partial charge in [-0.2, -0.15) is 0 Å². The predicted molar refractivity (Wildman–Crippen MR) is 62.5 cm³/mol. The highest BCUT2D eigenvalue weighted by molar-refractivity contribution is 5.75. The van der Waals surface area contributed by atoms with Gasteiger partial charge in [0.1, 0.15) is 6.04 Å². The lowest BCUT2D eigenvalue weighted by Gasteiger charge is -2.05. The molecule has 0 radical (unpaired) electrons. The molecule has 0 aliphatic carbocycles. The van der Waals surface area contributed by atoms with Gasteiger partial charge in [0.2, 0.25) is 0 Å². The average Bonchev–Trinajstić information content (AvgIpc) is 2.30. The summed E-state index contributed by atoms with van der Waals surface area (Å²) in [5.74, 6) is 5.40. The fourth-order valence-corrected chi connectivity index (χ4v) is 1.12. The highest BCUT2D eigenvalue weighted by atomic mass is 16.5. The molecule has 1 aromatic rings. The van der Waals surface area contributed by atoms with Crippen LogP contribution in [0.3, 0.4) is 0 Å². The Bertz CT molecular complexity index is 389. The Kier molecular flexibility index (Phi) is 5.10. The third kappa shape index (κ3) is 4.16. The molecule has 0 bridgehead atoms. The van der Waals surface area contributed by atoms with Crippen LogP contribution in [0.1, 0.15) is 18.9 Å². The van der Waals surface area contributed by atoms with Crippen LogP contribution in [0.4, 0.5) is 0 Å². The zero-order chi connectivity index (χ0) is 11.8. The van der Waals surface area contributed by atoms with E-state index in [1.807, 2.05) is 30.3 Å². The number of hydrogen-bond acceptors (Lipinski definition) is 3. The van der Waals surface area contributed by atoms with Crippen molar-refractivity contribution >= 4 is 5.97 Å². The van der Waals surface area contributed by atoms with Gasteiger partial charge in [0, 0.05) is 12.0 Å². The summed E-state index contributed by atoms with van der Waals surface area (Å²) in [7, 11) is 0. The van der Waals surface area contributed by atoms with Crippen molar-refractivity contribution in [2.24, 2.45) is 5.73 Å². The molecule has 1 atom stereocenters. The maximum Gasteiger partial charge on any atom is 0.323 e. The molecular weight excluding hydrogens is 202 g/mol. The van der Waals surface area contributed by atoms with E-state index in [1.54, 1.807) is 6.92 Å². The molecule has 0 heterocycles. The number of ether oxygens (including phenoxy) is 1. The summed E-state index contributed by atoms with van der Waals surface area (Å²) < 4.78 is 4.77. The molecule has 2 N–H and O–H groups in total. The molecule has 16 heavy (non-hydrogen) atoms. The van der Waals surface area contributed by atoms with Crippen LogP contribution < -0.4 is 5.73 Å². The van der Waals surface area contributed by atoms with Gasteiger partial charge >= 0.3 is 5.97 Å². The maximum atomic E-state index is 11.2. The van der Waals surface area contributed by atoms with Crippen LogP contribution in [0.2, 0.25) is 0 Å². The van der Waals surface area contributed by atoms with E-state index < -0.39 is 12.0 Å². The minimum Gasteiger partial charge on any atom is -0.465 e. The molecule has 0 saturated carbocycles. The van der Waals surface area contributed by atoms with Gasteiger partial charge in [0.25, 0.3) is 0 Å². The zero-order valence-electron chi connectivity index (χ0n) is 9.27. The lowest BCUT2D eigenvalue weighted by molar-refractivity contribution is -0.144. The second-order valence-corrected chi connectivity index (χ2v) is 3.23. The number of carbonyl (C=O) groups is 1. The van der Waals surface area contributed by atoms with Gasteiger partial charge in [0.15, 0.2) is 0 Å². The largest absolute Gasteiger partial charge is 0.465 e. The number of carbonyl (C=O) groups excluding carboxylic acids is 1. The summed E-state index contributed by atoms with van der Waals surface area (Å²) in [6.45, 7) is 2.10. The summed E-state index contributed by atoms with van der Waals surface area (Å²) in [4.78, 5) is 11.2. The Morgan fingerprint density at radius 2 is 2.12 bits per heavy atom. The standard InChI is InChI=1S/C13H15NO2/c1-2-16-13(15)12(14)10-6-9-11-7-4-3-5-8-11/h3-5,7-8,12H,2,10,14H2,1H3/t12-/m1/s1. The normalized spacial score (nSPS) is 11.1. The summed E-state index contributed by atoms with van der Waals surface area (Å²) in [5.41, 5.74) is 6.51. The van der Waals surface area contributed by atoms with Crippen LogP contribution in [0.15, 0.2) is 30.3 Å². The second kappa shape index (κ2) is 6.65. The van der Waals surface area contributed by atoms with Gasteiger partial charge in [0.05, 0.1) is 6.61 Å². The van der Waals surface area contributed by atoms with E-state index >= 15 is 0 Å². The van der Waals surface area contributed by atoms with E-state index in [0.29, 0.717) is 13.0 Å². The Balaban J connectivity index is 2.46. The van der Waals surface area contributed by atoms with E-state index in [-0.39, 0.29) is 0 Å². The lowest BCUT2D eigenvalue weighted by atomic mass is 10.2. The van der Waals surface area contributed by atoms with E-state index in [2.05, 4.69) is 11.8 Å². The average molecular weight is 217 g/mol. The molecule has 0 aliphatic rings. The van der Waals surface area contributed by atoms with Gasteiger partial charge in [-0.1, -0.05) is 30.0 Å². The number of esters is 1. The van der Waals surface area contributed by atoms with E-state index in [9.17, 15) is 4.79 Å². The maximum absolute atomic E-state index is 11.2. The van der Waals surface area contributed by atoms with Gasteiger partial charge in [-0.05, 0) is 19.1 Å². The van der Waals surface area contributed by atoms with Crippen LogP contribution in [0, 0.1) is 11.8 Å². The van der Waals surface area contributed by atoms with Crippen LogP contribution >= 0.6 is 0 Å². The third-order valence-corrected chi connectivity index (χ3v) is 1.92. The summed E-state index contributed by atoms with van der Waals surface area (Å²) >= 11 is 0. The molecule has 0 unspecified atom stereocenters. The third-order valence-electron chi connectivity index (χ3n) is 1.92. The van der Waals surface area contributed by atoms with Gasteiger partial charge < -0.3 is 10.5 Å². The van der Waals surface area contributed by atoms with Crippen molar-refractivity contribution in [2.45, 2.75) is 19.4 Å². The van der Waals surface area contributed by atoms with Crippen LogP contribution in [-0.4, -0.2) is 18.6 Å². The molecular formula is C13H15NO2. The van der Waals surface area contributed by atoms with E-state index in [0.717, 1.165) is 5.56 Å². The molecule has 84 valence electrons. The molecule has 0 spiro atoms. The smallest absolute Gasteiger partial charge is 0.323 e. The van der Waals surface area contributed by atoms with Crippen molar-refractivity contribution in [3.8, 4) is 11.8 Å². The van der Waals surface area contributed by atoms with Crippen molar-refractivity contribution in [3.05, 3.63) is 35.9 Å². The van der Waals surface area contributed by atoms with Crippen molar-refractivity contribution < 1.29 is 9.53 Å². The first kappa shape index (κ1) is 12.3. The number of rotatable bonds is 3. The molecule has 0 aliphatic heterocycles. The van der Waals surface area contributed by atoms with Crippen molar-refractivity contribution in [2.75, 3.05) is 6.61 Å². The first-order valence-electron chi connectivity index (χ1n) is 5.20. The number of hydrogen-bond donors (Lipinski definition) is 1. The molecule has 3 nitrogen and oxygen atoms in total. The molecule has 0 amide bonds. The molecule has 0 saturated heterocycles. The van der Waals surface area contributed by atoms with Crippen molar-refractivity contribution in [3.63, 3.8) is 0 Å². The molecule has 3 heteroatoms. The summed E-state index contributed by atoms with van der Waals surface area (Å²) in [6.07, 6.45) is 0.313. The highest BCUT2D eigenvalue weighted by Crippen LogP contribution is 1.96. The molecule has 1 aromatic carbocycles. The minimum atomic E-state index is -0.656. The Morgan fingerprint density at radius 1 is 1.44 bits per heavy atom. The zero-order valence-corrected chi connectivity index (χ0v) is 9.27. The van der Waals surface area contributed by atoms with E-state index in [1.165, 1.54) is 0 Å². The molecule has 0 aromatic heterocycles. The Morgan fingerprint density at radius 3 is 2.75 bits per heavy atom. The SMILES string of the molecule is CCOC(=O)[C@H](N)CC#Cc1ccccc1. The number of nitrogens with two attached hydrogens (primary N) is 1. The summed E-state index contributed by atoms with van der Waals surface area (Å²) in [6, 6.07) is 8.91. The van der Waals surface area contributed by atoms with Crippen LogP contribution in [0.5, 0.6) is 0 Å². The van der Waals surface area contributed by atoms with Crippen molar-refractivity contribution in [1.82, 2.24) is 0 Å². The fraction of sp³-hybridized carbons (Fsp3) is 0.308. The highest BCUT2D eigenvalue weighted by Gasteiger charge is 2.12. The number of benzene rings is 1. The minimum absolute atomic E-state index is 0.313. The predicted octanol–water partition coefficient (Wildman–Crippen LogP) is 1.32. The Hall–Kier alpha value is -1.79. The monoisotopic (exact) mass is 217 g/mol. The van der Waals surface area contributed by atoms with Gasteiger partial charge in [-0.25, -0.2) is 0 Å². The quantitative estimate of drug-likeness (QED) is 0.613. The molecule has 1 rings (SSSR count). The van der Waals surface area contributed by atoms with Crippen LogP contribution in [0.25, 0.3) is 0 Å². The van der Waals surface area contributed by atoms with Crippen LogP contribution in [-0.2, 0) is 9.53 Å². The topological polar surface area (TPSA) is 52.3 Å². The summed E-state index contributed by atoms with van der Waals surface area (Å²) in [5, 5.41) is 0. The van der Waals surface area contributed by atoms with E-state index in [4.69, 9.17) is 10.5 Å². The first-order valence-corrected chi connectivity index (χ1v) is 5.20.